The highest BCUT2D eigenvalue weighted by molar-refractivity contribution is 4.95. The van der Waals surface area contributed by atoms with Crippen molar-refractivity contribution in [1.82, 2.24) is 0 Å². The zero-order chi connectivity index (χ0) is 11.6. The van der Waals surface area contributed by atoms with Crippen molar-refractivity contribution in [3.05, 3.63) is 0 Å². The average Bonchev–Trinajstić information content (AvgIpc) is 2.15. The molecule has 1 rings (SSSR count). The van der Waals surface area contributed by atoms with Crippen molar-refractivity contribution in [3.8, 4) is 0 Å². The lowest BCUT2D eigenvalue weighted by Crippen LogP contribution is -2.64. The summed E-state index contributed by atoms with van der Waals surface area (Å²) in [5.74, 6) is -1.36. The van der Waals surface area contributed by atoms with Crippen LogP contribution in [-0.4, -0.2) is 56.6 Å². The lowest BCUT2D eigenvalue weighted by molar-refractivity contribution is -0.343. The molecule has 1 N–H and O–H groups in total. The van der Waals surface area contributed by atoms with Crippen LogP contribution in [-0.2, 0) is 18.9 Å². The maximum atomic E-state index is 10.0. The van der Waals surface area contributed by atoms with E-state index in [-0.39, 0.29) is 18.3 Å². The second-order valence-corrected chi connectivity index (χ2v) is 3.93. The Kier molecular flexibility index (Phi) is 4.08. The van der Waals surface area contributed by atoms with Crippen LogP contribution in [0.4, 0.5) is 0 Å². The minimum atomic E-state index is -1.36. The van der Waals surface area contributed by atoms with Gasteiger partial charge in [0.1, 0.15) is 18.3 Å². The fourth-order valence-electron chi connectivity index (χ4n) is 2.19. The zero-order valence-electron chi connectivity index (χ0n) is 9.89. The summed E-state index contributed by atoms with van der Waals surface area (Å²) in [6, 6.07) is 0. The third-order valence-corrected chi connectivity index (χ3v) is 2.84. The number of hydrogen-bond donors (Lipinski definition) is 1. The van der Waals surface area contributed by atoms with E-state index < -0.39 is 11.9 Å². The Balaban J connectivity index is 2.91. The highest BCUT2D eigenvalue weighted by Crippen LogP contribution is 2.32. The fraction of sp³-hybridized carbons (Fsp3) is 1.00. The molecule has 15 heavy (non-hydrogen) atoms. The van der Waals surface area contributed by atoms with E-state index in [2.05, 4.69) is 0 Å². The first-order chi connectivity index (χ1) is 6.97. The monoisotopic (exact) mass is 220 g/mol. The Labute approximate surface area is 90.3 Å². The summed E-state index contributed by atoms with van der Waals surface area (Å²) in [5, 5.41) is 10.0. The maximum absolute atomic E-state index is 10.0. The van der Waals surface area contributed by atoms with E-state index in [4.69, 9.17) is 18.9 Å². The summed E-state index contributed by atoms with van der Waals surface area (Å²) in [4.78, 5) is 0. The van der Waals surface area contributed by atoms with E-state index in [0.717, 1.165) is 0 Å². The molecule has 0 aliphatic carbocycles. The van der Waals surface area contributed by atoms with Crippen LogP contribution in [0.2, 0.25) is 0 Å². The van der Waals surface area contributed by atoms with Gasteiger partial charge in [0.2, 0.25) is 0 Å². The molecule has 0 aromatic heterocycles. The smallest absolute Gasteiger partial charge is 0.192 e. The third-order valence-electron chi connectivity index (χ3n) is 2.84. The van der Waals surface area contributed by atoms with Crippen LogP contribution in [0.1, 0.15) is 13.8 Å². The van der Waals surface area contributed by atoms with Gasteiger partial charge < -0.3 is 24.1 Å². The number of aliphatic hydroxyl groups is 1. The van der Waals surface area contributed by atoms with Gasteiger partial charge in [-0.15, -0.1) is 0 Å². The van der Waals surface area contributed by atoms with Crippen LogP contribution >= 0.6 is 0 Å². The van der Waals surface area contributed by atoms with Gasteiger partial charge in [0.05, 0.1) is 6.10 Å². The molecule has 0 aromatic rings. The van der Waals surface area contributed by atoms with Crippen molar-refractivity contribution in [3.63, 3.8) is 0 Å². The molecule has 90 valence electrons. The first-order valence-corrected chi connectivity index (χ1v) is 4.96. The summed E-state index contributed by atoms with van der Waals surface area (Å²) >= 11 is 0. The Bertz CT molecular complexity index is 206. The highest BCUT2D eigenvalue weighted by atomic mass is 16.7. The van der Waals surface area contributed by atoms with Crippen LogP contribution in [0.15, 0.2) is 0 Å². The first-order valence-electron chi connectivity index (χ1n) is 4.96. The molecular weight excluding hydrogens is 200 g/mol. The molecule has 1 aliphatic heterocycles. The molecule has 0 radical (unpaired) electrons. The minimum Gasteiger partial charge on any atom is -0.376 e. The molecule has 0 unspecified atom stereocenters. The van der Waals surface area contributed by atoms with Crippen molar-refractivity contribution in [2.45, 2.75) is 44.1 Å². The quantitative estimate of drug-likeness (QED) is 0.734. The largest absolute Gasteiger partial charge is 0.376 e. The molecule has 1 saturated heterocycles. The van der Waals surface area contributed by atoms with E-state index in [1.165, 1.54) is 7.11 Å². The molecule has 5 heteroatoms. The van der Waals surface area contributed by atoms with Crippen molar-refractivity contribution < 1.29 is 24.1 Å². The summed E-state index contributed by atoms with van der Waals surface area (Å²) in [5.41, 5.74) is 0. The van der Waals surface area contributed by atoms with Crippen LogP contribution in [0.3, 0.4) is 0 Å². The maximum Gasteiger partial charge on any atom is 0.192 e. The van der Waals surface area contributed by atoms with Gasteiger partial charge in [0, 0.05) is 21.3 Å². The van der Waals surface area contributed by atoms with E-state index in [1.54, 1.807) is 21.1 Å². The first kappa shape index (κ1) is 12.9. The molecule has 0 bridgehead atoms. The summed E-state index contributed by atoms with van der Waals surface area (Å²) in [6.07, 6.45) is -1.41. The van der Waals surface area contributed by atoms with Crippen LogP contribution in [0, 0.1) is 0 Å². The van der Waals surface area contributed by atoms with Gasteiger partial charge in [-0.05, 0) is 13.8 Å². The highest BCUT2D eigenvalue weighted by Gasteiger charge is 2.51. The predicted octanol–water partition coefficient (Wildman–Crippen LogP) is 0.159. The van der Waals surface area contributed by atoms with Crippen molar-refractivity contribution in [1.29, 1.82) is 0 Å². The predicted molar refractivity (Wildman–Crippen MR) is 53.6 cm³/mol. The molecule has 1 aliphatic rings. The molecule has 1 fully saturated rings. The topological polar surface area (TPSA) is 57.2 Å². The van der Waals surface area contributed by atoms with Gasteiger partial charge in [0.15, 0.2) is 5.79 Å². The van der Waals surface area contributed by atoms with E-state index in [0.29, 0.717) is 0 Å². The van der Waals surface area contributed by atoms with E-state index in [9.17, 15) is 5.11 Å². The number of hydrogen-bond acceptors (Lipinski definition) is 5. The Morgan fingerprint density at radius 3 is 2.00 bits per heavy atom. The van der Waals surface area contributed by atoms with Crippen LogP contribution < -0.4 is 0 Å². The molecule has 0 spiro atoms. The standard InChI is InChI=1S/C10H20O5/c1-6-7(12-3)8(13-4)9(14-5)10(2,11)15-6/h6-9,11H,1-5H3/t6-,7-,8+,9+,10+/m0/s1. The van der Waals surface area contributed by atoms with Crippen LogP contribution in [0.5, 0.6) is 0 Å². The second kappa shape index (κ2) is 4.76. The summed E-state index contributed by atoms with van der Waals surface area (Å²) in [7, 11) is 4.66. The van der Waals surface area contributed by atoms with Gasteiger partial charge in [-0.2, -0.15) is 0 Å². The number of rotatable bonds is 3. The Hall–Kier alpha value is -0.200. The van der Waals surface area contributed by atoms with Gasteiger partial charge in [-0.3, -0.25) is 0 Å². The fourth-order valence-corrected chi connectivity index (χ4v) is 2.19. The van der Waals surface area contributed by atoms with Gasteiger partial charge in [-0.1, -0.05) is 0 Å². The minimum absolute atomic E-state index is 0.249. The molecule has 5 atom stereocenters. The molecule has 0 aromatic carbocycles. The van der Waals surface area contributed by atoms with Gasteiger partial charge in [0.25, 0.3) is 0 Å². The lowest BCUT2D eigenvalue weighted by atomic mass is 9.93. The summed E-state index contributed by atoms with van der Waals surface area (Å²) in [6.45, 7) is 3.40. The van der Waals surface area contributed by atoms with Crippen LogP contribution in [0.25, 0.3) is 0 Å². The average molecular weight is 220 g/mol. The second-order valence-electron chi connectivity index (χ2n) is 3.93. The normalized spacial score (nSPS) is 46.8. The molecular formula is C10H20O5. The van der Waals surface area contributed by atoms with Crippen molar-refractivity contribution in [2.24, 2.45) is 0 Å². The lowest BCUT2D eigenvalue weighted by Gasteiger charge is -2.47. The van der Waals surface area contributed by atoms with Crippen molar-refractivity contribution >= 4 is 0 Å². The molecule has 0 saturated carbocycles. The van der Waals surface area contributed by atoms with Gasteiger partial charge in [-0.25, -0.2) is 0 Å². The third kappa shape index (κ3) is 2.32. The molecule has 5 nitrogen and oxygen atoms in total. The van der Waals surface area contributed by atoms with E-state index >= 15 is 0 Å². The SMILES string of the molecule is CO[C@@H]1[C@@H](OC)[C@@H](OC)[C@](C)(O)O[C@H]1C. The zero-order valence-corrected chi connectivity index (χ0v) is 9.89. The van der Waals surface area contributed by atoms with E-state index in [1.807, 2.05) is 6.92 Å². The molecule has 1 heterocycles. The Morgan fingerprint density at radius 2 is 1.60 bits per heavy atom. The van der Waals surface area contributed by atoms with Crippen molar-refractivity contribution in [2.75, 3.05) is 21.3 Å². The van der Waals surface area contributed by atoms with Gasteiger partial charge >= 0.3 is 0 Å². The number of methoxy groups -OCH3 is 3. The summed E-state index contributed by atoms with van der Waals surface area (Å²) < 4.78 is 21.3. The molecule has 0 amide bonds. The number of ether oxygens (including phenoxy) is 4. The Morgan fingerprint density at radius 1 is 1.07 bits per heavy atom.